The molecule has 0 spiro atoms. The molecule has 0 aliphatic carbocycles. The van der Waals surface area contributed by atoms with Gasteiger partial charge in [0.15, 0.2) is 23.0 Å². The van der Waals surface area contributed by atoms with Crippen LogP contribution in [-0.2, 0) is 6.54 Å². The number of ether oxygens (including phenoxy) is 4. The molecular weight excluding hydrogens is 342 g/mol. The fourth-order valence-electron chi connectivity index (χ4n) is 2.57. The normalized spacial score (nSPS) is 11.8. The molecule has 0 aliphatic rings. The fraction of sp³-hybridized carbons (Fsp3) is 0.368. The van der Waals surface area contributed by atoms with Crippen molar-refractivity contribution in [3.63, 3.8) is 0 Å². The van der Waals surface area contributed by atoms with Gasteiger partial charge >= 0.3 is 0 Å². The molecule has 1 N–H and O–H groups in total. The monoisotopic (exact) mass is 365 g/mol. The Morgan fingerprint density at radius 1 is 0.880 bits per heavy atom. The maximum absolute atomic E-state index is 6.43. The molecule has 0 aliphatic heterocycles. The zero-order valence-electron chi connectivity index (χ0n) is 15.2. The number of rotatable bonds is 8. The second kappa shape index (κ2) is 8.83. The van der Waals surface area contributed by atoms with E-state index in [0.29, 0.717) is 34.6 Å². The van der Waals surface area contributed by atoms with Crippen molar-refractivity contribution in [2.75, 3.05) is 28.4 Å². The maximum atomic E-state index is 6.43. The number of halogens is 1. The summed E-state index contributed by atoms with van der Waals surface area (Å²) in [4.78, 5) is 0. The van der Waals surface area contributed by atoms with Crippen LogP contribution in [0.25, 0.3) is 0 Å². The molecule has 6 heteroatoms. The van der Waals surface area contributed by atoms with Crippen LogP contribution in [0.5, 0.6) is 23.0 Å². The van der Waals surface area contributed by atoms with Crippen molar-refractivity contribution in [1.29, 1.82) is 0 Å². The van der Waals surface area contributed by atoms with Crippen LogP contribution in [0.2, 0.25) is 5.02 Å². The van der Waals surface area contributed by atoms with Gasteiger partial charge in [-0.3, -0.25) is 0 Å². The lowest BCUT2D eigenvalue weighted by Crippen LogP contribution is -2.18. The summed E-state index contributed by atoms with van der Waals surface area (Å²) in [6, 6.07) is 9.75. The summed E-state index contributed by atoms with van der Waals surface area (Å²) in [7, 11) is 6.42. The lowest BCUT2D eigenvalue weighted by atomic mass is 10.1. The van der Waals surface area contributed by atoms with Gasteiger partial charge in [0.1, 0.15) is 0 Å². The van der Waals surface area contributed by atoms with Gasteiger partial charge < -0.3 is 24.3 Å². The van der Waals surface area contributed by atoms with Crippen LogP contribution >= 0.6 is 11.6 Å². The zero-order chi connectivity index (χ0) is 18.4. The molecule has 0 heterocycles. The highest BCUT2D eigenvalue weighted by Crippen LogP contribution is 2.37. The summed E-state index contributed by atoms with van der Waals surface area (Å²) in [5.74, 6) is 2.57. The number of nitrogens with one attached hydrogen (secondary N) is 1. The first-order valence-corrected chi connectivity index (χ1v) is 8.28. The molecule has 0 fully saturated rings. The highest BCUT2D eigenvalue weighted by molar-refractivity contribution is 6.33. The SMILES string of the molecule is COc1ccc(C(C)NCc2ccc(OC)c(OC)c2Cl)cc1OC. The topological polar surface area (TPSA) is 49.0 Å². The average molecular weight is 366 g/mol. The van der Waals surface area contributed by atoms with E-state index < -0.39 is 0 Å². The molecule has 1 atom stereocenters. The molecule has 25 heavy (non-hydrogen) atoms. The Morgan fingerprint density at radius 2 is 1.52 bits per heavy atom. The van der Waals surface area contributed by atoms with Gasteiger partial charge in [0.25, 0.3) is 0 Å². The van der Waals surface area contributed by atoms with Gasteiger partial charge in [0.2, 0.25) is 0 Å². The van der Waals surface area contributed by atoms with Crippen LogP contribution in [0, 0.1) is 0 Å². The second-order valence-corrected chi connectivity index (χ2v) is 5.87. The summed E-state index contributed by atoms with van der Waals surface area (Å²) in [6.07, 6.45) is 0. The van der Waals surface area contributed by atoms with E-state index in [1.54, 1.807) is 28.4 Å². The average Bonchev–Trinajstić information content (AvgIpc) is 2.65. The molecule has 0 aromatic heterocycles. The number of hydrogen-bond acceptors (Lipinski definition) is 5. The lowest BCUT2D eigenvalue weighted by Gasteiger charge is -2.18. The molecule has 2 rings (SSSR count). The molecule has 1 unspecified atom stereocenters. The Labute approximate surface area is 153 Å². The van der Waals surface area contributed by atoms with E-state index in [-0.39, 0.29) is 6.04 Å². The molecule has 0 amide bonds. The Bertz CT molecular complexity index is 721. The standard InChI is InChI=1S/C19H24ClNO4/c1-12(13-6-8-15(22-2)17(10-13)24-4)21-11-14-7-9-16(23-3)19(25-5)18(14)20/h6-10,12,21H,11H2,1-5H3. The Kier molecular flexibility index (Phi) is 6.79. The van der Waals surface area contributed by atoms with E-state index >= 15 is 0 Å². The molecule has 136 valence electrons. The van der Waals surface area contributed by atoms with Crippen molar-refractivity contribution in [3.8, 4) is 23.0 Å². The third-order valence-corrected chi connectivity index (χ3v) is 4.49. The van der Waals surface area contributed by atoms with Gasteiger partial charge in [-0.2, -0.15) is 0 Å². The largest absolute Gasteiger partial charge is 0.493 e. The Hall–Kier alpha value is -2.11. The minimum absolute atomic E-state index is 0.101. The van der Waals surface area contributed by atoms with Gasteiger partial charge in [-0.1, -0.05) is 23.7 Å². The van der Waals surface area contributed by atoms with Crippen molar-refractivity contribution in [2.45, 2.75) is 19.5 Å². The van der Waals surface area contributed by atoms with E-state index in [4.69, 9.17) is 30.5 Å². The first-order chi connectivity index (χ1) is 12.0. The van der Waals surface area contributed by atoms with Crippen LogP contribution in [0.3, 0.4) is 0 Å². The van der Waals surface area contributed by atoms with Crippen LogP contribution in [0.4, 0.5) is 0 Å². The van der Waals surface area contributed by atoms with Gasteiger partial charge in [-0.25, -0.2) is 0 Å². The summed E-state index contributed by atoms with van der Waals surface area (Å²) in [6.45, 7) is 2.67. The predicted octanol–water partition coefficient (Wildman–Crippen LogP) is 4.23. The molecule has 0 radical (unpaired) electrons. The van der Waals surface area contributed by atoms with Crippen molar-refractivity contribution in [1.82, 2.24) is 5.32 Å². The van der Waals surface area contributed by atoms with Crippen LogP contribution in [-0.4, -0.2) is 28.4 Å². The van der Waals surface area contributed by atoms with Crippen LogP contribution in [0.1, 0.15) is 24.1 Å². The van der Waals surface area contributed by atoms with Crippen LogP contribution in [0.15, 0.2) is 30.3 Å². The molecule has 2 aromatic carbocycles. The maximum Gasteiger partial charge on any atom is 0.179 e. The highest BCUT2D eigenvalue weighted by atomic mass is 35.5. The molecule has 5 nitrogen and oxygen atoms in total. The first kappa shape index (κ1) is 19.2. The Balaban J connectivity index is 2.13. The Morgan fingerprint density at radius 3 is 2.12 bits per heavy atom. The number of hydrogen-bond donors (Lipinski definition) is 1. The second-order valence-electron chi connectivity index (χ2n) is 5.49. The van der Waals surface area contributed by atoms with E-state index in [9.17, 15) is 0 Å². The summed E-state index contributed by atoms with van der Waals surface area (Å²) < 4.78 is 21.2. The van der Waals surface area contributed by atoms with E-state index in [2.05, 4.69) is 12.2 Å². The minimum Gasteiger partial charge on any atom is -0.493 e. The van der Waals surface area contributed by atoms with Crippen molar-refractivity contribution in [3.05, 3.63) is 46.5 Å². The van der Waals surface area contributed by atoms with Gasteiger partial charge in [-0.05, 0) is 36.2 Å². The zero-order valence-corrected chi connectivity index (χ0v) is 15.9. The lowest BCUT2D eigenvalue weighted by molar-refractivity contribution is 0.353. The summed E-state index contributed by atoms with van der Waals surface area (Å²) in [5.41, 5.74) is 2.03. The molecule has 2 aromatic rings. The third-order valence-electron chi connectivity index (χ3n) is 4.07. The predicted molar refractivity (Wildman–Crippen MR) is 99.4 cm³/mol. The van der Waals surface area contributed by atoms with Gasteiger partial charge in [0, 0.05) is 12.6 Å². The van der Waals surface area contributed by atoms with Gasteiger partial charge in [-0.15, -0.1) is 0 Å². The number of methoxy groups -OCH3 is 4. The molecule has 0 bridgehead atoms. The molecule has 0 saturated heterocycles. The summed E-state index contributed by atoms with van der Waals surface area (Å²) in [5, 5.41) is 4.01. The number of benzene rings is 2. The smallest absolute Gasteiger partial charge is 0.179 e. The third kappa shape index (κ3) is 4.30. The highest BCUT2D eigenvalue weighted by Gasteiger charge is 2.15. The molecule has 0 saturated carbocycles. The van der Waals surface area contributed by atoms with Crippen molar-refractivity contribution in [2.24, 2.45) is 0 Å². The fourth-order valence-corrected chi connectivity index (χ4v) is 2.87. The van der Waals surface area contributed by atoms with E-state index in [0.717, 1.165) is 11.1 Å². The van der Waals surface area contributed by atoms with E-state index in [1.165, 1.54) is 0 Å². The first-order valence-electron chi connectivity index (χ1n) is 7.90. The van der Waals surface area contributed by atoms with Crippen LogP contribution < -0.4 is 24.3 Å². The minimum atomic E-state index is 0.101. The van der Waals surface area contributed by atoms with Crippen molar-refractivity contribution < 1.29 is 18.9 Å². The quantitative estimate of drug-likeness (QED) is 0.758. The van der Waals surface area contributed by atoms with Crippen molar-refractivity contribution >= 4 is 11.6 Å². The van der Waals surface area contributed by atoms with E-state index in [1.807, 2.05) is 30.3 Å². The molecular formula is C19H24ClNO4. The van der Waals surface area contributed by atoms with Gasteiger partial charge in [0.05, 0.1) is 33.5 Å². The summed E-state index contributed by atoms with van der Waals surface area (Å²) >= 11 is 6.43.